The lowest BCUT2D eigenvalue weighted by atomic mass is 10.1. The van der Waals surface area contributed by atoms with Gasteiger partial charge < -0.3 is 4.43 Å². The Morgan fingerprint density at radius 2 is 1.81 bits per heavy atom. The van der Waals surface area contributed by atoms with Crippen LogP contribution in [0, 0.1) is 5.82 Å². The topological polar surface area (TPSA) is 26.3 Å². The highest BCUT2D eigenvalue weighted by Gasteiger charge is 2.26. The average molecular weight is 261 g/mol. The number of benzene rings is 1. The van der Waals surface area contributed by atoms with E-state index in [2.05, 4.69) is 0 Å². The van der Waals surface area contributed by atoms with Gasteiger partial charge in [-0.3, -0.25) is 4.79 Å². The molecule has 1 aromatic carbocycles. The van der Waals surface area contributed by atoms with Crippen molar-refractivity contribution in [2.75, 3.05) is 0 Å². The Hall–Kier alpha value is -0.713. The predicted octanol–water partition coefficient (Wildman–Crippen LogP) is 3.48. The summed E-state index contributed by atoms with van der Waals surface area (Å²) in [4.78, 5) is 11.3. The summed E-state index contributed by atoms with van der Waals surface area (Å²) in [6.45, 7) is 5.88. The lowest BCUT2D eigenvalue weighted by Gasteiger charge is -2.23. The number of rotatable bonds is 4. The molecule has 2 nitrogen and oxygen atoms in total. The van der Waals surface area contributed by atoms with Gasteiger partial charge in [-0.1, -0.05) is 12.1 Å². The van der Waals surface area contributed by atoms with Crippen LogP contribution < -0.4 is 0 Å². The molecule has 0 amide bonds. The van der Waals surface area contributed by atoms with Gasteiger partial charge in [-0.25, -0.2) is 4.39 Å². The first-order valence-corrected chi connectivity index (χ1v) is 8.71. The van der Waals surface area contributed by atoms with Gasteiger partial charge in [0.25, 0.3) is 5.24 Å². The first-order valence-electron chi connectivity index (χ1n) is 4.92. The second-order valence-electron chi connectivity index (χ2n) is 4.47. The molecule has 0 radical (unpaired) electrons. The Bertz CT molecular complexity index is 373. The molecule has 0 spiro atoms. The zero-order valence-corrected chi connectivity index (χ0v) is 11.2. The van der Waals surface area contributed by atoms with Crippen molar-refractivity contribution in [3.05, 3.63) is 35.6 Å². The van der Waals surface area contributed by atoms with Gasteiger partial charge in [-0.05, 0) is 48.9 Å². The summed E-state index contributed by atoms with van der Waals surface area (Å²) in [5.74, 6) is -0.350. The molecule has 0 N–H and O–H groups in total. The number of carbonyl (C=O) groups excluding carboxylic acids is 1. The summed E-state index contributed by atoms with van der Waals surface area (Å²) >= 11 is 5.49. The number of carbonyl (C=O) groups is 1. The first-order chi connectivity index (χ1) is 7.29. The van der Waals surface area contributed by atoms with Crippen molar-refractivity contribution >= 4 is 25.2 Å². The maximum Gasteiger partial charge on any atom is 0.253 e. The molecule has 5 heteroatoms. The molecular weight excluding hydrogens is 247 g/mol. The molecule has 1 unspecified atom stereocenters. The van der Waals surface area contributed by atoms with Crippen molar-refractivity contribution in [1.29, 1.82) is 0 Å². The van der Waals surface area contributed by atoms with Gasteiger partial charge >= 0.3 is 0 Å². The molecule has 0 aliphatic carbocycles. The highest BCUT2D eigenvalue weighted by molar-refractivity contribution is 6.71. The van der Waals surface area contributed by atoms with E-state index in [0.29, 0.717) is 5.56 Å². The Labute approximate surface area is 101 Å². The lowest BCUT2D eigenvalue weighted by Crippen LogP contribution is -2.30. The summed E-state index contributed by atoms with van der Waals surface area (Å²) in [5.41, 5.74) is 0.587. The summed E-state index contributed by atoms with van der Waals surface area (Å²) in [7, 11) is -1.88. The van der Waals surface area contributed by atoms with Crippen molar-refractivity contribution in [2.45, 2.75) is 25.7 Å². The van der Waals surface area contributed by atoms with Crippen LogP contribution in [0.4, 0.5) is 4.39 Å². The van der Waals surface area contributed by atoms with E-state index in [-0.39, 0.29) is 5.82 Å². The minimum atomic E-state index is -1.88. The second-order valence-corrected chi connectivity index (χ2v) is 9.30. The molecule has 0 saturated heterocycles. The molecule has 0 aromatic heterocycles. The van der Waals surface area contributed by atoms with E-state index < -0.39 is 19.7 Å². The molecule has 0 fully saturated rings. The predicted molar refractivity (Wildman–Crippen MR) is 64.4 cm³/mol. The summed E-state index contributed by atoms with van der Waals surface area (Å²) in [6.07, 6.45) is -0.797. The van der Waals surface area contributed by atoms with E-state index in [4.69, 9.17) is 16.0 Å². The second kappa shape index (κ2) is 5.08. The monoisotopic (exact) mass is 260 g/mol. The van der Waals surface area contributed by atoms with Crippen molar-refractivity contribution in [1.82, 2.24) is 0 Å². The van der Waals surface area contributed by atoms with Gasteiger partial charge in [0.2, 0.25) is 0 Å². The van der Waals surface area contributed by atoms with E-state index in [1.165, 1.54) is 24.3 Å². The lowest BCUT2D eigenvalue weighted by molar-refractivity contribution is -0.118. The molecule has 1 rings (SSSR count). The summed E-state index contributed by atoms with van der Waals surface area (Å²) < 4.78 is 18.4. The van der Waals surface area contributed by atoms with Crippen LogP contribution in [-0.4, -0.2) is 13.6 Å². The van der Waals surface area contributed by atoms with Gasteiger partial charge in [-0.15, -0.1) is 0 Å². The molecule has 0 aliphatic heterocycles. The van der Waals surface area contributed by atoms with E-state index >= 15 is 0 Å². The highest BCUT2D eigenvalue weighted by atomic mass is 35.5. The molecule has 0 aliphatic rings. The normalized spacial score (nSPS) is 13.6. The quantitative estimate of drug-likeness (QED) is 0.612. The number of hydrogen-bond acceptors (Lipinski definition) is 2. The molecule has 88 valence electrons. The fourth-order valence-electron chi connectivity index (χ4n) is 1.24. The Morgan fingerprint density at radius 3 is 2.19 bits per heavy atom. The van der Waals surface area contributed by atoms with Crippen LogP contribution in [0.1, 0.15) is 11.7 Å². The van der Waals surface area contributed by atoms with E-state index in [9.17, 15) is 9.18 Å². The summed E-state index contributed by atoms with van der Waals surface area (Å²) in [5, 5.41) is -0.575. The standard InChI is InChI=1S/C11H14ClFO2Si/c1-16(2,3)15-10(11(12)14)8-4-6-9(13)7-5-8/h4-7,10H,1-3H3. The maximum absolute atomic E-state index is 12.7. The zero-order valence-electron chi connectivity index (χ0n) is 9.46. The van der Waals surface area contributed by atoms with Crippen molar-refractivity contribution in [2.24, 2.45) is 0 Å². The molecule has 0 heterocycles. The van der Waals surface area contributed by atoms with Crippen molar-refractivity contribution in [3.8, 4) is 0 Å². The van der Waals surface area contributed by atoms with E-state index in [1.807, 2.05) is 19.6 Å². The Morgan fingerprint density at radius 1 is 1.31 bits per heavy atom. The zero-order chi connectivity index (χ0) is 12.3. The minimum absolute atomic E-state index is 0.350. The van der Waals surface area contributed by atoms with Gasteiger partial charge in [0.05, 0.1) is 0 Å². The fourth-order valence-corrected chi connectivity index (χ4v) is 2.43. The molecule has 16 heavy (non-hydrogen) atoms. The smallest absolute Gasteiger partial charge is 0.253 e. The van der Waals surface area contributed by atoms with Gasteiger partial charge in [-0.2, -0.15) is 0 Å². The van der Waals surface area contributed by atoms with Crippen LogP contribution in [0.15, 0.2) is 24.3 Å². The molecule has 0 bridgehead atoms. The average Bonchev–Trinajstić information content (AvgIpc) is 2.14. The largest absolute Gasteiger partial charge is 0.403 e. The van der Waals surface area contributed by atoms with Crippen LogP contribution in [0.2, 0.25) is 19.6 Å². The number of hydrogen-bond donors (Lipinski definition) is 0. The Balaban J connectivity index is 2.94. The van der Waals surface area contributed by atoms with Crippen molar-refractivity contribution < 1.29 is 13.6 Å². The fraction of sp³-hybridized carbons (Fsp3) is 0.364. The minimum Gasteiger partial charge on any atom is -0.403 e. The third-order valence-corrected chi connectivity index (χ3v) is 2.99. The van der Waals surface area contributed by atoms with Crippen LogP contribution in [0.3, 0.4) is 0 Å². The van der Waals surface area contributed by atoms with Gasteiger partial charge in [0.15, 0.2) is 8.32 Å². The SMILES string of the molecule is C[Si](C)(C)OC(C(=O)Cl)c1ccc(F)cc1. The molecule has 1 atom stereocenters. The molecule has 1 aromatic rings. The van der Waals surface area contributed by atoms with Crippen molar-refractivity contribution in [3.63, 3.8) is 0 Å². The number of halogens is 2. The van der Waals surface area contributed by atoms with Crippen LogP contribution in [0.25, 0.3) is 0 Å². The third-order valence-electron chi connectivity index (χ3n) is 1.85. The van der Waals surface area contributed by atoms with Gasteiger partial charge in [0, 0.05) is 0 Å². The van der Waals surface area contributed by atoms with Crippen LogP contribution in [0.5, 0.6) is 0 Å². The van der Waals surface area contributed by atoms with Gasteiger partial charge in [0.1, 0.15) is 11.9 Å². The third kappa shape index (κ3) is 4.04. The summed E-state index contributed by atoms with van der Waals surface area (Å²) in [6, 6.07) is 5.60. The Kier molecular flexibility index (Phi) is 4.24. The van der Waals surface area contributed by atoms with Crippen LogP contribution >= 0.6 is 11.6 Å². The molecule has 0 saturated carbocycles. The maximum atomic E-state index is 12.7. The highest BCUT2D eigenvalue weighted by Crippen LogP contribution is 2.24. The molecular formula is C11H14ClFO2Si. The first kappa shape index (κ1) is 13.4. The van der Waals surface area contributed by atoms with E-state index in [1.54, 1.807) is 0 Å². The van der Waals surface area contributed by atoms with E-state index in [0.717, 1.165) is 0 Å². The van der Waals surface area contributed by atoms with Crippen LogP contribution in [-0.2, 0) is 9.22 Å².